The molecule has 1 fully saturated rings. The zero-order chi connectivity index (χ0) is 12.1. The summed E-state index contributed by atoms with van der Waals surface area (Å²) in [6.45, 7) is 0.242. The Bertz CT molecular complexity index is 396. The molecule has 0 aliphatic carbocycles. The predicted octanol–water partition coefficient (Wildman–Crippen LogP) is 1.90. The van der Waals surface area contributed by atoms with Gasteiger partial charge in [-0.3, -0.25) is 4.90 Å². The lowest BCUT2D eigenvalue weighted by atomic mass is 10.2. The summed E-state index contributed by atoms with van der Waals surface area (Å²) < 4.78 is 5.16. The third-order valence-corrected chi connectivity index (χ3v) is 3.55. The standard InChI is InChI=1S/C12H13NO3S/c14-6-11-8-17-9-13(11)12(15)16-7-10-4-2-1-3-5-10/h1-6,11H,7-9H2. The molecule has 1 atom stereocenters. The van der Waals surface area contributed by atoms with E-state index in [0.29, 0.717) is 11.6 Å². The number of aldehydes is 1. The predicted molar refractivity (Wildman–Crippen MR) is 65.6 cm³/mol. The van der Waals surface area contributed by atoms with Crippen molar-refractivity contribution in [3.63, 3.8) is 0 Å². The number of carbonyl (C=O) groups excluding carboxylic acids is 2. The van der Waals surface area contributed by atoms with Crippen LogP contribution in [0.4, 0.5) is 4.79 Å². The normalized spacial score (nSPS) is 19.1. The Morgan fingerprint density at radius 3 is 2.94 bits per heavy atom. The van der Waals surface area contributed by atoms with E-state index in [-0.39, 0.29) is 12.6 Å². The minimum Gasteiger partial charge on any atom is -0.445 e. The molecule has 4 nitrogen and oxygen atoms in total. The van der Waals surface area contributed by atoms with E-state index in [1.54, 1.807) is 11.8 Å². The van der Waals surface area contributed by atoms with Crippen molar-refractivity contribution < 1.29 is 14.3 Å². The summed E-state index contributed by atoms with van der Waals surface area (Å²) in [7, 11) is 0. The number of hydrogen-bond donors (Lipinski definition) is 0. The van der Waals surface area contributed by atoms with Crippen molar-refractivity contribution >= 4 is 24.1 Å². The third-order valence-electron chi connectivity index (χ3n) is 2.52. The highest BCUT2D eigenvalue weighted by Crippen LogP contribution is 2.20. The van der Waals surface area contributed by atoms with Gasteiger partial charge in [0.05, 0.1) is 5.88 Å². The molecular weight excluding hydrogens is 238 g/mol. The fourth-order valence-corrected chi connectivity index (χ4v) is 2.66. The molecule has 5 heteroatoms. The molecule has 1 heterocycles. The second kappa shape index (κ2) is 5.72. The summed E-state index contributed by atoms with van der Waals surface area (Å²) in [5, 5.41) is 0. The Hall–Kier alpha value is -1.49. The van der Waals surface area contributed by atoms with Gasteiger partial charge in [-0.25, -0.2) is 4.79 Å². The van der Waals surface area contributed by atoms with E-state index in [4.69, 9.17) is 4.74 Å². The first-order chi connectivity index (χ1) is 8.31. The van der Waals surface area contributed by atoms with Gasteiger partial charge < -0.3 is 9.53 Å². The van der Waals surface area contributed by atoms with Crippen molar-refractivity contribution in [1.29, 1.82) is 0 Å². The van der Waals surface area contributed by atoms with Crippen LogP contribution in [0.15, 0.2) is 30.3 Å². The molecule has 0 N–H and O–H groups in total. The van der Waals surface area contributed by atoms with E-state index in [9.17, 15) is 9.59 Å². The van der Waals surface area contributed by atoms with Gasteiger partial charge in [-0.2, -0.15) is 0 Å². The number of carbonyl (C=O) groups is 2. The number of benzene rings is 1. The molecule has 0 spiro atoms. The molecule has 0 saturated carbocycles. The average Bonchev–Trinajstić information content (AvgIpc) is 2.85. The molecule has 0 radical (unpaired) electrons. The molecule has 17 heavy (non-hydrogen) atoms. The van der Waals surface area contributed by atoms with Crippen molar-refractivity contribution in [2.45, 2.75) is 12.6 Å². The van der Waals surface area contributed by atoms with Gasteiger partial charge in [0.2, 0.25) is 0 Å². The van der Waals surface area contributed by atoms with Crippen molar-refractivity contribution in [1.82, 2.24) is 4.90 Å². The quantitative estimate of drug-likeness (QED) is 0.770. The lowest BCUT2D eigenvalue weighted by Crippen LogP contribution is -2.37. The topological polar surface area (TPSA) is 46.6 Å². The van der Waals surface area contributed by atoms with Crippen LogP contribution in [0, 0.1) is 0 Å². The van der Waals surface area contributed by atoms with Crippen LogP contribution < -0.4 is 0 Å². The lowest BCUT2D eigenvalue weighted by Gasteiger charge is -2.18. The Kier molecular flexibility index (Phi) is 4.03. The maximum absolute atomic E-state index is 11.7. The second-order valence-corrected chi connectivity index (χ2v) is 4.71. The molecule has 1 aliphatic heterocycles. The molecule has 1 aromatic carbocycles. The number of hydrogen-bond acceptors (Lipinski definition) is 4. The van der Waals surface area contributed by atoms with E-state index in [2.05, 4.69) is 0 Å². The van der Waals surface area contributed by atoms with E-state index >= 15 is 0 Å². The molecule has 1 aromatic rings. The van der Waals surface area contributed by atoms with Crippen LogP contribution in [-0.2, 0) is 16.1 Å². The Labute approximate surface area is 104 Å². The Morgan fingerprint density at radius 1 is 1.47 bits per heavy atom. The number of nitrogens with zero attached hydrogens (tertiary/aromatic N) is 1. The Balaban J connectivity index is 1.87. The summed E-state index contributed by atoms with van der Waals surface area (Å²) >= 11 is 1.56. The zero-order valence-corrected chi connectivity index (χ0v) is 10.1. The summed E-state index contributed by atoms with van der Waals surface area (Å²) in [5.74, 6) is 1.18. The lowest BCUT2D eigenvalue weighted by molar-refractivity contribution is -0.111. The van der Waals surface area contributed by atoms with Gasteiger partial charge >= 0.3 is 6.09 Å². The van der Waals surface area contributed by atoms with Crippen LogP contribution in [0.3, 0.4) is 0 Å². The van der Waals surface area contributed by atoms with E-state index in [1.165, 1.54) is 4.90 Å². The summed E-state index contributed by atoms with van der Waals surface area (Å²) in [6, 6.07) is 9.13. The number of thioether (sulfide) groups is 1. The molecule has 1 amide bonds. The summed E-state index contributed by atoms with van der Waals surface area (Å²) in [5.41, 5.74) is 0.940. The molecular formula is C12H13NO3S. The highest BCUT2D eigenvalue weighted by atomic mass is 32.2. The van der Waals surface area contributed by atoms with Crippen molar-refractivity contribution in [3.05, 3.63) is 35.9 Å². The van der Waals surface area contributed by atoms with Gasteiger partial charge in [-0.05, 0) is 5.56 Å². The van der Waals surface area contributed by atoms with Gasteiger partial charge in [0.25, 0.3) is 0 Å². The highest BCUT2D eigenvalue weighted by Gasteiger charge is 2.29. The first-order valence-corrected chi connectivity index (χ1v) is 6.47. The van der Waals surface area contributed by atoms with Crippen LogP contribution >= 0.6 is 11.8 Å². The number of ether oxygens (including phenoxy) is 1. The molecule has 90 valence electrons. The van der Waals surface area contributed by atoms with Crippen molar-refractivity contribution in [2.24, 2.45) is 0 Å². The van der Waals surface area contributed by atoms with Crippen molar-refractivity contribution in [2.75, 3.05) is 11.6 Å². The average molecular weight is 251 g/mol. The second-order valence-electron chi connectivity index (χ2n) is 3.71. The first-order valence-electron chi connectivity index (χ1n) is 5.31. The maximum atomic E-state index is 11.7. The molecule has 0 aromatic heterocycles. The Morgan fingerprint density at radius 2 is 2.24 bits per heavy atom. The minimum atomic E-state index is -0.420. The van der Waals surface area contributed by atoms with Crippen LogP contribution in [0.25, 0.3) is 0 Å². The van der Waals surface area contributed by atoms with E-state index < -0.39 is 6.09 Å². The zero-order valence-electron chi connectivity index (χ0n) is 9.24. The monoisotopic (exact) mass is 251 g/mol. The van der Waals surface area contributed by atoms with Gasteiger partial charge in [0.15, 0.2) is 0 Å². The van der Waals surface area contributed by atoms with Crippen LogP contribution in [0.1, 0.15) is 5.56 Å². The van der Waals surface area contributed by atoms with Crippen molar-refractivity contribution in [3.8, 4) is 0 Å². The number of amides is 1. The first kappa shape index (κ1) is 12.0. The number of rotatable bonds is 3. The summed E-state index contributed by atoms with van der Waals surface area (Å²) in [4.78, 5) is 23.9. The molecule has 1 saturated heterocycles. The smallest absolute Gasteiger partial charge is 0.411 e. The minimum absolute atomic E-state index is 0.242. The van der Waals surface area contributed by atoms with Gasteiger partial charge in [-0.1, -0.05) is 30.3 Å². The largest absolute Gasteiger partial charge is 0.445 e. The van der Waals surface area contributed by atoms with Crippen LogP contribution in [-0.4, -0.2) is 35.0 Å². The third kappa shape index (κ3) is 3.00. The van der Waals surface area contributed by atoms with Gasteiger partial charge in [-0.15, -0.1) is 11.8 Å². The fourth-order valence-electron chi connectivity index (χ4n) is 1.56. The van der Waals surface area contributed by atoms with Crippen LogP contribution in [0.2, 0.25) is 0 Å². The van der Waals surface area contributed by atoms with Crippen LogP contribution in [0.5, 0.6) is 0 Å². The van der Waals surface area contributed by atoms with E-state index in [0.717, 1.165) is 11.8 Å². The van der Waals surface area contributed by atoms with Gasteiger partial charge in [0, 0.05) is 5.75 Å². The summed E-state index contributed by atoms with van der Waals surface area (Å²) in [6.07, 6.45) is 0.375. The molecule has 0 bridgehead atoms. The molecule has 2 rings (SSSR count). The molecule has 1 aliphatic rings. The SMILES string of the molecule is O=CC1CSCN1C(=O)OCc1ccccc1. The highest BCUT2D eigenvalue weighted by molar-refractivity contribution is 7.99. The van der Waals surface area contributed by atoms with E-state index in [1.807, 2.05) is 30.3 Å². The molecule has 1 unspecified atom stereocenters. The van der Waals surface area contributed by atoms with Gasteiger partial charge in [0.1, 0.15) is 18.9 Å². The maximum Gasteiger partial charge on any atom is 0.411 e. The fraction of sp³-hybridized carbons (Fsp3) is 0.333.